The van der Waals surface area contributed by atoms with Gasteiger partial charge in [-0.3, -0.25) is 0 Å². The molecular weight excluding hydrogens is 388 g/mol. The Morgan fingerprint density at radius 1 is 1.10 bits per heavy atom. The summed E-state index contributed by atoms with van der Waals surface area (Å²) < 4.78 is 28.3. The van der Waals surface area contributed by atoms with Crippen molar-refractivity contribution in [2.24, 2.45) is 0 Å². The molecule has 0 heterocycles. The van der Waals surface area contributed by atoms with Gasteiger partial charge in [-0.1, -0.05) is 27.4 Å². The lowest BCUT2D eigenvalue weighted by atomic mass is 9.97. The average Bonchev–Trinajstić information content (AvgIpc) is 2.62. The van der Waals surface area contributed by atoms with E-state index in [0.29, 0.717) is 22.6 Å². The van der Waals surface area contributed by atoms with Crippen molar-refractivity contribution >= 4 is 8.32 Å². The number of methoxy groups -OCH3 is 2. The van der Waals surface area contributed by atoms with Gasteiger partial charge < -0.3 is 28.5 Å². The quantitative estimate of drug-likeness (QED) is 0.292. The van der Waals surface area contributed by atoms with Crippen molar-refractivity contribution in [3.63, 3.8) is 0 Å². The van der Waals surface area contributed by atoms with Crippen LogP contribution in [0.5, 0.6) is 11.5 Å². The molecule has 166 valence electrons. The zero-order valence-electron chi connectivity index (χ0n) is 19.4. The fraction of sp³-hybridized carbons (Fsp3) is 0.636. The maximum Gasteiger partial charge on any atom is 0.192 e. The Kier molecular flexibility index (Phi) is 9.37. The van der Waals surface area contributed by atoms with Crippen LogP contribution in [0.15, 0.2) is 24.3 Å². The van der Waals surface area contributed by atoms with Gasteiger partial charge in [-0.05, 0) is 49.7 Å². The minimum atomic E-state index is -2.02. The number of aliphatic hydroxyl groups is 1. The fourth-order valence-corrected chi connectivity index (χ4v) is 4.00. The van der Waals surface area contributed by atoms with Gasteiger partial charge in [-0.2, -0.15) is 0 Å². The van der Waals surface area contributed by atoms with Gasteiger partial charge in [0.15, 0.2) is 21.9 Å². The van der Waals surface area contributed by atoms with Crippen LogP contribution in [0.3, 0.4) is 0 Å². The average molecular weight is 427 g/mol. The monoisotopic (exact) mass is 426 g/mol. The van der Waals surface area contributed by atoms with Gasteiger partial charge in [0.25, 0.3) is 0 Å². The van der Waals surface area contributed by atoms with E-state index < -0.39 is 14.4 Å². The second-order valence-electron chi connectivity index (χ2n) is 8.77. The van der Waals surface area contributed by atoms with Gasteiger partial charge in [0.05, 0.1) is 11.7 Å². The Morgan fingerprint density at radius 3 is 2.14 bits per heavy atom. The molecule has 1 aromatic carbocycles. The third-order valence-electron chi connectivity index (χ3n) is 5.30. The summed E-state index contributed by atoms with van der Waals surface area (Å²) in [5.41, 5.74) is 1.89. The molecule has 1 N–H and O–H groups in total. The molecule has 0 aromatic heterocycles. The first-order valence-corrected chi connectivity index (χ1v) is 12.7. The Balaban J connectivity index is 3.52. The van der Waals surface area contributed by atoms with E-state index in [0.717, 1.165) is 5.56 Å². The van der Waals surface area contributed by atoms with Crippen LogP contribution in [-0.4, -0.2) is 41.2 Å². The summed E-state index contributed by atoms with van der Waals surface area (Å²) in [6.07, 6.45) is -1.20. The van der Waals surface area contributed by atoms with Crippen molar-refractivity contribution in [1.82, 2.24) is 0 Å². The molecule has 2 atom stereocenters. The van der Waals surface area contributed by atoms with E-state index in [2.05, 4.69) is 40.4 Å². The molecule has 0 saturated carbocycles. The fourth-order valence-electron chi connectivity index (χ4n) is 2.63. The lowest BCUT2D eigenvalue weighted by Gasteiger charge is -2.39. The van der Waals surface area contributed by atoms with Crippen LogP contribution in [-0.2, 0) is 13.9 Å². The van der Waals surface area contributed by atoms with Gasteiger partial charge in [0, 0.05) is 19.8 Å². The largest absolute Gasteiger partial charge is 0.467 e. The molecule has 0 bridgehead atoms. The minimum Gasteiger partial charge on any atom is -0.467 e. The zero-order chi connectivity index (χ0) is 22.4. The van der Waals surface area contributed by atoms with Crippen LogP contribution in [0, 0.1) is 0 Å². The number of ether oxygens (including phenoxy) is 4. The summed E-state index contributed by atoms with van der Waals surface area (Å²) in [7, 11) is 1.07. The van der Waals surface area contributed by atoms with Gasteiger partial charge in [0.2, 0.25) is 0 Å². The Morgan fingerprint density at radius 2 is 1.66 bits per heavy atom. The molecule has 0 aliphatic heterocycles. The summed E-state index contributed by atoms with van der Waals surface area (Å²) in [6.45, 7) is 18.7. The lowest BCUT2D eigenvalue weighted by molar-refractivity contribution is 0.0397. The molecule has 29 heavy (non-hydrogen) atoms. The first kappa shape index (κ1) is 25.7. The predicted octanol–water partition coefficient (Wildman–Crippen LogP) is 5.34. The first-order valence-electron chi connectivity index (χ1n) is 9.79. The third-order valence-corrected chi connectivity index (χ3v) is 9.85. The summed E-state index contributed by atoms with van der Waals surface area (Å²) in [6, 6.07) is 3.71. The van der Waals surface area contributed by atoms with Crippen LogP contribution in [0.25, 0.3) is 0 Å². The van der Waals surface area contributed by atoms with Crippen LogP contribution in [0.2, 0.25) is 18.1 Å². The Hall–Kier alpha value is -1.38. The van der Waals surface area contributed by atoms with Gasteiger partial charge in [-0.15, -0.1) is 0 Å². The number of rotatable bonds is 11. The molecule has 0 radical (unpaired) electrons. The molecule has 1 aromatic rings. The molecule has 0 spiro atoms. The number of hydrogen-bond donors (Lipinski definition) is 1. The highest BCUT2D eigenvalue weighted by atomic mass is 28.4. The molecule has 0 aliphatic carbocycles. The van der Waals surface area contributed by atoms with E-state index in [4.69, 9.17) is 23.4 Å². The number of aliphatic hydroxyl groups excluding tert-OH is 1. The zero-order valence-corrected chi connectivity index (χ0v) is 20.4. The topological polar surface area (TPSA) is 66.4 Å². The summed E-state index contributed by atoms with van der Waals surface area (Å²) in [5.74, 6) is 0.957. The van der Waals surface area contributed by atoms with Crippen molar-refractivity contribution in [1.29, 1.82) is 0 Å². The molecule has 0 saturated heterocycles. The Labute approximate surface area is 176 Å². The molecule has 6 nitrogen and oxygen atoms in total. The van der Waals surface area contributed by atoms with Crippen LogP contribution in [0.1, 0.15) is 58.0 Å². The van der Waals surface area contributed by atoms with Crippen molar-refractivity contribution in [3.8, 4) is 11.5 Å². The van der Waals surface area contributed by atoms with Crippen LogP contribution >= 0.6 is 0 Å². The highest BCUT2D eigenvalue weighted by Crippen LogP contribution is 2.45. The highest BCUT2D eigenvalue weighted by Gasteiger charge is 2.39. The molecule has 0 amide bonds. The summed E-state index contributed by atoms with van der Waals surface area (Å²) >= 11 is 0. The summed E-state index contributed by atoms with van der Waals surface area (Å²) in [4.78, 5) is 0. The highest BCUT2D eigenvalue weighted by molar-refractivity contribution is 6.74. The molecule has 7 heteroatoms. The van der Waals surface area contributed by atoms with E-state index in [1.54, 1.807) is 27.2 Å². The normalized spacial score (nSPS) is 14.4. The molecule has 1 rings (SSSR count). The minimum absolute atomic E-state index is 0.0312. The van der Waals surface area contributed by atoms with Gasteiger partial charge >= 0.3 is 0 Å². The molecule has 0 fully saturated rings. The van der Waals surface area contributed by atoms with Gasteiger partial charge in [0.1, 0.15) is 17.6 Å². The van der Waals surface area contributed by atoms with Crippen molar-refractivity contribution in [2.45, 2.75) is 65.0 Å². The molecule has 2 unspecified atom stereocenters. The second kappa shape index (κ2) is 10.6. The van der Waals surface area contributed by atoms with E-state index in [-0.39, 0.29) is 24.7 Å². The first-order chi connectivity index (χ1) is 13.4. The molecule has 0 aliphatic rings. The standard InChI is InChI=1S/C22H38O6Si/c1-15(2)20(23)19-18(26-13-24-7)12-11-17(21(19)27-14-25-8)16(3)28-29(9,10)22(4,5)6/h11-12,16,20,23H,1,13-14H2,2-10H3. The van der Waals surface area contributed by atoms with Crippen molar-refractivity contribution < 1.29 is 28.5 Å². The van der Waals surface area contributed by atoms with E-state index in [1.807, 2.05) is 13.0 Å². The van der Waals surface area contributed by atoms with Crippen molar-refractivity contribution in [2.75, 3.05) is 27.8 Å². The predicted molar refractivity (Wildman–Crippen MR) is 118 cm³/mol. The van der Waals surface area contributed by atoms with Gasteiger partial charge in [-0.25, -0.2) is 0 Å². The third kappa shape index (κ3) is 6.55. The van der Waals surface area contributed by atoms with E-state index in [9.17, 15) is 5.11 Å². The number of benzene rings is 1. The maximum absolute atomic E-state index is 10.9. The second-order valence-corrected chi connectivity index (χ2v) is 13.5. The number of hydrogen-bond acceptors (Lipinski definition) is 6. The Bertz CT molecular complexity index is 681. The van der Waals surface area contributed by atoms with Crippen LogP contribution in [0.4, 0.5) is 0 Å². The van der Waals surface area contributed by atoms with Crippen molar-refractivity contribution in [3.05, 3.63) is 35.4 Å². The van der Waals surface area contributed by atoms with E-state index >= 15 is 0 Å². The van der Waals surface area contributed by atoms with Crippen LogP contribution < -0.4 is 9.47 Å². The summed E-state index contributed by atoms with van der Waals surface area (Å²) in [5, 5.41) is 10.9. The van der Waals surface area contributed by atoms with E-state index in [1.165, 1.54) is 0 Å². The molecular formula is C22H38O6Si. The smallest absolute Gasteiger partial charge is 0.192 e. The lowest BCUT2D eigenvalue weighted by Crippen LogP contribution is -2.41. The maximum atomic E-state index is 10.9. The SMILES string of the molecule is C=C(C)C(O)c1c(OCOC)ccc(C(C)O[Si](C)(C)C(C)(C)C)c1OCOC.